The number of ether oxygens (including phenoxy) is 1. The van der Waals surface area contributed by atoms with Crippen LogP contribution in [0.15, 0.2) is 18.2 Å². The molecule has 0 amide bonds. The van der Waals surface area contributed by atoms with E-state index in [2.05, 4.69) is 29.9 Å². The van der Waals surface area contributed by atoms with E-state index >= 15 is 0 Å². The lowest BCUT2D eigenvalue weighted by molar-refractivity contribution is 0.413. The molecular weight excluding hydrogens is 272 g/mol. The van der Waals surface area contributed by atoms with E-state index < -0.39 is 0 Å². The Morgan fingerprint density at radius 1 is 1.20 bits per heavy atom. The number of aromatic nitrogens is 2. The Labute approximate surface area is 125 Å². The van der Waals surface area contributed by atoms with E-state index in [1.807, 2.05) is 13.0 Å². The van der Waals surface area contributed by atoms with Crippen LogP contribution in [0.1, 0.15) is 30.3 Å². The van der Waals surface area contributed by atoms with Crippen molar-refractivity contribution in [1.82, 2.24) is 9.97 Å². The van der Waals surface area contributed by atoms with Crippen molar-refractivity contribution in [2.45, 2.75) is 33.6 Å². The fraction of sp³-hybridized carbons (Fsp3) is 0.375. The van der Waals surface area contributed by atoms with Crippen LogP contribution in [0.4, 0.5) is 0 Å². The van der Waals surface area contributed by atoms with Gasteiger partial charge in [-0.25, -0.2) is 9.97 Å². The molecule has 0 aliphatic carbocycles. The van der Waals surface area contributed by atoms with Gasteiger partial charge < -0.3 is 4.74 Å². The van der Waals surface area contributed by atoms with Crippen molar-refractivity contribution in [3.8, 4) is 17.0 Å². The number of aryl methyl sites for hydroxylation is 2. The highest BCUT2D eigenvalue weighted by Crippen LogP contribution is 2.34. The van der Waals surface area contributed by atoms with Crippen molar-refractivity contribution >= 4 is 11.6 Å². The van der Waals surface area contributed by atoms with E-state index in [4.69, 9.17) is 16.3 Å². The molecule has 2 rings (SSSR count). The SMILES string of the molecule is CCCc1nc(Cl)cc(-c2ccc(C)c(C)c2OC)n1. The van der Waals surface area contributed by atoms with Gasteiger partial charge in [0.15, 0.2) is 0 Å². The summed E-state index contributed by atoms with van der Waals surface area (Å²) in [6.45, 7) is 6.21. The Bertz CT molecular complexity index is 626. The molecule has 0 saturated carbocycles. The van der Waals surface area contributed by atoms with Crippen molar-refractivity contribution in [3.05, 3.63) is 40.3 Å². The molecule has 3 nitrogen and oxygen atoms in total. The predicted octanol–water partition coefficient (Wildman–Crippen LogP) is 4.37. The summed E-state index contributed by atoms with van der Waals surface area (Å²) < 4.78 is 5.55. The lowest BCUT2D eigenvalue weighted by Crippen LogP contribution is -1.99. The quantitative estimate of drug-likeness (QED) is 0.784. The van der Waals surface area contributed by atoms with Crippen LogP contribution in [0.5, 0.6) is 5.75 Å². The van der Waals surface area contributed by atoms with Crippen LogP contribution in [-0.4, -0.2) is 17.1 Å². The highest BCUT2D eigenvalue weighted by atomic mass is 35.5. The first kappa shape index (κ1) is 14.8. The minimum absolute atomic E-state index is 0.471. The second-order valence-electron chi connectivity index (χ2n) is 4.83. The molecule has 0 radical (unpaired) electrons. The molecule has 0 saturated heterocycles. The molecule has 0 fully saturated rings. The second-order valence-corrected chi connectivity index (χ2v) is 5.22. The van der Waals surface area contributed by atoms with E-state index in [9.17, 15) is 0 Å². The van der Waals surface area contributed by atoms with E-state index in [1.165, 1.54) is 5.56 Å². The smallest absolute Gasteiger partial charge is 0.133 e. The van der Waals surface area contributed by atoms with Gasteiger partial charge in [-0.2, -0.15) is 0 Å². The standard InChI is InChI=1S/C16H19ClN2O/c1-5-6-15-18-13(9-14(17)19-15)12-8-7-10(2)11(3)16(12)20-4/h7-9H,5-6H2,1-4H3. The summed E-state index contributed by atoms with van der Waals surface area (Å²) in [6.07, 6.45) is 1.81. The maximum absolute atomic E-state index is 6.11. The first-order valence-electron chi connectivity index (χ1n) is 6.74. The maximum atomic E-state index is 6.11. The third-order valence-corrected chi connectivity index (χ3v) is 3.57. The molecule has 1 aromatic heterocycles. The Kier molecular flexibility index (Phi) is 4.61. The molecule has 0 aliphatic rings. The summed E-state index contributed by atoms with van der Waals surface area (Å²) in [5.74, 6) is 1.62. The summed E-state index contributed by atoms with van der Waals surface area (Å²) >= 11 is 6.11. The molecule has 1 aromatic carbocycles. The van der Waals surface area contributed by atoms with Gasteiger partial charge in [0.2, 0.25) is 0 Å². The minimum atomic E-state index is 0.471. The third kappa shape index (κ3) is 2.93. The minimum Gasteiger partial charge on any atom is -0.496 e. The van der Waals surface area contributed by atoms with Crippen molar-refractivity contribution in [2.75, 3.05) is 7.11 Å². The van der Waals surface area contributed by atoms with Gasteiger partial charge in [-0.3, -0.25) is 0 Å². The zero-order chi connectivity index (χ0) is 14.7. The van der Waals surface area contributed by atoms with Crippen LogP contribution in [0.2, 0.25) is 5.15 Å². The van der Waals surface area contributed by atoms with Gasteiger partial charge in [-0.1, -0.05) is 24.6 Å². The summed E-state index contributed by atoms with van der Waals surface area (Å²) in [7, 11) is 1.68. The van der Waals surface area contributed by atoms with Crippen molar-refractivity contribution in [2.24, 2.45) is 0 Å². The molecule has 2 aromatic rings. The maximum Gasteiger partial charge on any atom is 0.133 e. The molecule has 0 bridgehead atoms. The summed E-state index contributed by atoms with van der Waals surface area (Å²) in [5.41, 5.74) is 4.09. The number of nitrogens with zero attached hydrogens (tertiary/aromatic N) is 2. The lowest BCUT2D eigenvalue weighted by Gasteiger charge is -2.13. The molecule has 20 heavy (non-hydrogen) atoms. The molecule has 0 spiro atoms. The third-order valence-electron chi connectivity index (χ3n) is 3.37. The van der Waals surface area contributed by atoms with Crippen LogP contribution in [0.25, 0.3) is 11.3 Å². The fourth-order valence-electron chi connectivity index (χ4n) is 2.19. The van der Waals surface area contributed by atoms with Gasteiger partial charge in [-0.05, 0) is 37.5 Å². The van der Waals surface area contributed by atoms with Crippen molar-refractivity contribution < 1.29 is 4.74 Å². The molecule has 0 aliphatic heterocycles. The normalized spacial score (nSPS) is 10.7. The number of hydrogen-bond donors (Lipinski definition) is 0. The lowest BCUT2D eigenvalue weighted by atomic mass is 10.0. The highest BCUT2D eigenvalue weighted by Gasteiger charge is 2.13. The van der Waals surface area contributed by atoms with Gasteiger partial charge in [0.1, 0.15) is 16.7 Å². The average Bonchev–Trinajstić information content (AvgIpc) is 2.41. The molecular formula is C16H19ClN2O. The Morgan fingerprint density at radius 3 is 2.60 bits per heavy atom. The van der Waals surface area contributed by atoms with Gasteiger partial charge in [-0.15, -0.1) is 0 Å². The van der Waals surface area contributed by atoms with Crippen LogP contribution in [0, 0.1) is 13.8 Å². The fourth-order valence-corrected chi connectivity index (χ4v) is 2.39. The average molecular weight is 291 g/mol. The zero-order valence-corrected chi connectivity index (χ0v) is 13.1. The van der Waals surface area contributed by atoms with Gasteiger partial charge in [0.25, 0.3) is 0 Å². The van der Waals surface area contributed by atoms with E-state index in [-0.39, 0.29) is 0 Å². The number of hydrogen-bond acceptors (Lipinski definition) is 3. The molecule has 0 N–H and O–H groups in total. The van der Waals surface area contributed by atoms with Crippen LogP contribution in [0.3, 0.4) is 0 Å². The molecule has 0 atom stereocenters. The van der Waals surface area contributed by atoms with E-state index in [0.717, 1.165) is 41.2 Å². The summed E-state index contributed by atoms with van der Waals surface area (Å²) in [5, 5.41) is 0.471. The first-order chi connectivity index (χ1) is 9.56. The van der Waals surface area contributed by atoms with Gasteiger partial charge >= 0.3 is 0 Å². The van der Waals surface area contributed by atoms with Crippen LogP contribution >= 0.6 is 11.6 Å². The topological polar surface area (TPSA) is 35.0 Å². The van der Waals surface area contributed by atoms with Crippen LogP contribution in [-0.2, 0) is 6.42 Å². The second kappa shape index (κ2) is 6.23. The van der Waals surface area contributed by atoms with Crippen molar-refractivity contribution in [3.63, 3.8) is 0 Å². The number of methoxy groups -OCH3 is 1. The Hall–Kier alpha value is -1.61. The molecule has 0 unspecified atom stereocenters. The number of benzene rings is 1. The highest BCUT2D eigenvalue weighted by molar-refractivity contribution is 6.29. The monoisotopic (exact) mass is 290 g/mol. The van der Waals surface area contributed by atoms with E-state index in [1.54, 1.807) is 13.2 Å². The largest absolute Gasteiger partial charge is 0.496 e. The molecule has 106 valence electrons. The van der Waals surface area contributed by atoms with Gasteiger partial charge in [0.05, 0.1) is 12.8 Å². The Morgan fingerprint density at radius 2 is 1.95 bits per heavy atom. The Balaban J connectivity index is 2.59. The van der Waals surface area contributed by atoms with Crippen molar-refractivity contribution in [1.29, 1.82) is 0 Å². The number of halogens is 1. The molecule has 1 heterocycles. The number of rotatable bonds is 4. The van der Waals surface area contributed by atoms with E-state index in [0.29, 0.717) is 5.15 Å². The summed E-state index contributed by atoms with van der Waals surface area (Å²) in [4.78, 5) is 8.86. The first-order valence-corrected chi connectivity index (χ1v) is 7.12. The van der Waals surface area contributed by atoms with Gasteiger partial charge in [0, 0.05) is 18.1 Å². The zero-order valence-electron chi connectivity index (χ0n) is 12.3. The van der Waals surface area contributed by atoms with Crippen LogP contribution < -0.4 is 4.74 Å². The molecule has 4 heteroatoms. The summed E-state index contributed by atoms with van der Waals surface area (Å²) in [6, 6.07) is 5.88. The predicted molar refractivity (Wildman–Crippen MR) is 82.5 cm³/mol.